The van der Waals surface area contributed by atoms with Gasteiger partial charge in [0.25, 0.3) is 0 Å². The Morgan fingerprint density at radius 2 is 1.65 bits per heavy atom. The summed E-state index contributed by atoms with van der Waals surface area (Å²) in [6, 6.07) is 17.9. The molecule has 31 heavy (non-hydrogen) atoms. The Labute approximate surface area is 189 Å². The van der Waals surface area contributed by atoms with Crippen LogP contribution in [0.15, 0.2) is 59.8 Å². The summed E-state index contributed by atoms with van der Waals surface area (Å²) in [5, 5.41) is 12.6. The lowest BCUT2D eigenvalue weighted by molar-refractivity contribution is -0.117. The SMILES string of the molecule is CCN(CC)c1ccc(-c2nnc(SC(C)(C)C(=O)Nc3ccccc3)n2CC)cc1. The van der Waals surface area contributed by atoms with Gasteiger partial charge in [0.1, 0.15) is 0 Å². The number of aromatic nitrogens is 3. The first-order chi connectivity index (χ1) is 14.9. The lowest BCUT2D eigenvalue weighted by atomic mass is 10.2. The van der Waals surface area contributed by atoms with E-state index in [2.05, 4.69) is 70.0 Å². The molecule has 0 aliphatic carbocycles. The molecule has 0 atom stereocenters. The minimum atomic E-state index is -0.709. The molecule has 0 spiro atoms. The largest absolute Gasteiger partial charge is 0.372 e. The number of hydrogen-bond acceptors (Lipinski definition) is 5. The average molecular weight is 438 g/mol. The molecule has 0 unspecified atom stereocenters. The fourth-order valence-electron chi connectivity index (χ4n) is 3.35. The molecule has 164 valence electrons. The maximum atomic E-state index is 12.9. The van der Waals surface area contributed by atoms with Crippen molar-refractivity contribution in [1.29, 1.82) is 0 Å². The zero-order valence-corrected chi connectivity index (χ0v) is 19.7. The topological polar surface area (TPSA) is 63.1 Å². The molecular formula is C24H31N5OS. The van der Waals surface area contributed by atoms with Gasteiger partial charge >= 0.3 is 0 Å². The van der Waals surface area contributed by atoms with Crippen LogP contribution in [-0.4, -0.2) is 38.5 Å². The summed E-state index contributed by atoms with van der Waals surface area (Å²) in [6.45, 7) is 12.9. The van der Waals surface area contributed by atoms with Crippen LogP contribution >= 0.6 is 11.8 Å². The number of nitrogens with one attached hydrogen (secondary N) is 1. The first kappa shape index (κ1) is 22.9. The number of para-hydroxylation sites is 1. The molecule has 1 N–H and O–H groups in total. The maximum absolute atomic E-state index is 12.9. The number of hydrogen-bond donors (Lipinski definition) is 1. The average Bonchev–Trinajstić information content (AvgIpc) is 3.17. The van der Waals surface area contributed by atoms with Crippen molar-refractivity contribution in [3.63, 3.8) is 0 Å². The molecular weight excluding hydrogens is 406 g/mol. The van der Waals surface area contributed by atoms with Crippen LogP contribution in [0.4, 0.5) is 11.4 Å². The summed E-state index contributed by atoms with van der Waals surface area (Å²) >= 11 is 1.42. The van der Waals surface area contributed by atoms with Crippen molar-refractivity contribution in [1.82, 2.24) is 14.8 Å². The molecule has 3 rings (SSSR count). The molecule has 0 aliphatic heterocycles. The molecule has 3 aromatic rings. The van der Waals surface area contributed by atoms with E-state index < -0.39 is 4.75 Å². The van der Waals surface area contributed by atoms with Gasteiger partial charge < -0.3 is 14.8 Å². The van der Waals surface area contributed by atoms with E-state index >= 15 is 0 Å². The second-order valence-corrected chi connectivity index (χ2v) is 9.29. The van der Waals surface area contributed by atoms with Crippen LogP contribution in [0.25, 0.3) is 11.4 Å². The summed E-state index contributed by atoms with van der Waals surface area (Å²) in [4.78, 5) is 15.2. The number of benzene rings is 2. The number of carbonyl (C=O) groups is 1. The van der Waals surface area contributed by atoms with Gasteiger partial charge in [-0.1, -0.05) is 30.0 Å². The van der Waals surface area contributed by atoms with Crippen molar-refractivity contribution in [2.75, 3.05) is 23.3 Å². The third-order valence-electron chi connectivity index (χ3n) is 5.21. The molecule has 0 aliphatic rings. The molecule has 2 aromatic carbocycles. The molecule has 6 nitrogen and oxygen atoms in total. The Kier molecular flexibility index (Phi) is 7.38. The summed E-state index contributed by atoms with van der Waals surface area (Å²) in [6.07, 6.45) is 0. The van der Waals surface area contributed by atoms with Crippen molar-refractivity contribution in [3.05, 3.63) is 54.6 Å². The molecule has 0 radical (unpaired) electrons. The second kappa shape index (κ2) is 10.0. The molecule has 1 aromatic heterocycles. The zero-order chi connectivity index (χ0) is 22.4. The molecule has 0 bridgehead atoms. The Bertz CT molecular complexity index is 995. The van der Waals surface area contributed by atoms with Gasteiger partial charge in [0.15, 0.2) is 11.0 Å². The van der Waals surface area contributed by atoms with Gasteiger partial charge in [-0.2, -0.15) is 0 Å². The highest BCUT2D eigenvalue weighted by atomic mass is 32.2. The number of anilines is 2. The molecule has 1 amide bonds. The van der Waals surface area contributed by atoms with Gasteiger partial charge in [0, 0.05) is 36.6 Å². The van der Waals surface area contributed by atoms with Crippen LogP contribution in [0.3, 0.4) is 0 Å². The standard InChI is InChI=1S/C24H31N5OS/c1-6-28(7-2)20-16-14-18(15-17-20)21-26-27-23(29(21)8-3)31-24(4,5)22(30)25-19-12-10-9-11-13-19/h9-17H,6-8H2,1-5H3,(H,25,30). The molecule has 0 fully saturated rings. The van der Waals surface area contributed by atoms with E-state index in [4.69, 9.17) is 0 Å². The van der Waals surface area contributed by atoms with Gasteiger partial charge in [-0.25, -0.2) is 0 Å². The van der Waals surface area contributed by atoms with Crippen LogP contribution in [-0.2, 0) is 11.3 Å². The Morgan fingerprint density at radius 1 is 1.00 bits per heavy atom. The maximum Gasteiger partial charge on any atom is 0.240 e. The summed E-state index contributed by atoms with van der Waals surface area (Å²) < 4.78 is 1.36. The van der Waals surface area contributed by atoms with Gasteiger partial charge in [-0.15, -0.1) is 10.2 Å². The van der Waals surface area contributed by atoms with Gasteiger partial charge in [-0.3, -0.25) is 4.79 Å². The van der Waals surface area contributed by atoms with Crippen molar-refractivity contribution >= 4 is 29.0 Å². The normalized spacial score (nSPS) is 11.4. The predicted molar refractivity (Wildman–Crippen MR) is 130 cm³/mol. The summed E-state index contributed by atoms with van der Waals surface area (Å²) in [5.74, 6) is 0.745. The summed E-state index contributed by atoms with van der Waals surface area (Å²) in [7, 11) is 0. The van der Waals surface area contributed by atoms with Crippen molar-refractivity contribution in [2.45, 2.75) is 51.1 Å². The van der Waals surface area contributed by atoms with Crippen LogP contribution in [0.5, 0.6) is 0 Å². The Balaban J connectivity index is 1.80. The van der Waals surface area contributed by atoms with E-state index in [1.54, 1.807) is 0 Å². The van der Waals surface area contributed by atoms with E-state index in [-0.39, 0.29) is 5.91 Å². The number of thioether (sulfide) groups is 1. The van der Waals surface area contributed by atoms with Gasteiger partial charge in [0.05, 0.1) is 4.75 Å². The quantitative estimate of drug-likeness (QED) is 0.459. The Hall–Kier alpha value is -2.80. The van der Waals surface area contributed by atoms with Crippen LogP contribution in [0, 0.1) is 0 Å². The number of rotatable bonds is 9. The first-order valence-corrected chi connectivity index (χ1v) is 11.5. The van der Waals surface area contributed by atoms with Crippen molar-refractivity contribution in [2.24, 2.45) is 0 Å². The zero-order valence-electron chi connectivity index (χ0n) is 18.9. The van der Waals surface area contributed by atoms with E-state index in [0.29, 0.717) is 0 Å². The number of carbonyl (C=O) groups excluding carboxylic acids is 1. The van der Waals surface area contributed by atoms with E-state index in [9.17, 15) is 4.79 Å². The first-order valence-electron chi connectivity index (χ1n) is 10.7. The molecule has 1 heterocycles. The third-order valence-corrected chi connectivity index (χ3v) is 6.39. The van der Waals surface area contributed by atoms with Gasteiger partial charge in [0.2, 0.25) is 5.91 Å². The lowest BCUT2D eigenvalue weighted by Crippen LogP contribution is -2.34. The minimum Gasteiger partial charge on any atom is -0.372 e. The van der Waals surface area contributed by atoms with Crippen LogP contribution < -0.4 is 10.2 Å². The number of nitrogens with zero attached hydrogens (tertiary/aromatic N) is 4. The van der Waals surface area contributed by atoms with E-state index in [1.807, 2.05) is 44.2 Å². The monoisotopic (exact) mass is 437 g/mol. The van der Waals surface area contributed by atoms with Crippen molar-refractivity contribution < 1.29 is 4.79 Å². The highest BCUT2D eigenvalue weighted by molar-refractivity contribution is 8.01. The van der Waals surface area contributed by atoms with Crippen LogP contribution in [0.1, 0.15) is 34.6 Å². The fourth-order valence-corrected chi connectivity index (χ4v) is 4.36. The predicted octanol–water partition coefficient (Wildman–Crippen LogP) is 5.32. The second-order valence-electron chi connectivity index (χ2n) is 7.70. The van der Waals surface area contributed by atoms with Gasteiger partial charge in [-0.05, 0) is 71.0 Å². The third kappa shape index (κ3) is 5.28. The fraction of sp³-hybridized carbons (Fsp3) is 0.375. The van der Waals surface area contributed by atoms with E-state index in [1.165, 1.54) is 17.4 Å². The molecule has 7 heteroatoms. The highest BCUT2D eigenvalue weighted by Crippen LogP contribution is 2.34. The summed E-state index contributed by atoms with van der Waals surface area (Å²) in [5.41, 5.74) is 3.00. The van der Waals surface area contributed by atoms with Crippen LogP contribution in [0.2, 0.25) is 0 Å². The van der Waals surface area contributed by atoms with E-state index in [0.717, 1.165) is 41.9 Å². The smallest absolute Gasteiger partial charge is 0.240 e. The number of amides is 1. The van der Waals surface area contributed by atoms with Crippen molar-refractivity contribution in [3.8, 4) is 11.4 Å². The molecule has 0 saturated heterocycles. The molecule has 0 saturated carbocycles. The minimum absolute atomic E-state index is 0.0699. The Morgan fingerprint density at radius 3 is 2.23 bits per heavy atom. The highest BCUT2D eigenvalue weighted by Gasteiger charge is 2.32. The lowest BCUT2D eigenvalue weighted by Gasteiger charge is -2.23.